The number of sulfone groups is 1. The lowest BCUT2D eigenvalue weighted by Crippen LogP contribution is -2.54. The number of nitrogen functional groups attached to an aromatic ring is 1. The molecule has 12 nitrogen and oxygen atoms in total. The lowest BCUT2D eigenvalue weighted by Gasteiger charge is -2.34. The number of benzene rings is 2. The van der Waals surface area contributed by atoms with Crippen LogP contribution >= 0.6 is 0 Å². The fraction of sp³-hybridized carbons (Fsp3) is 0.333. The molecule has 0 fully saturated rings. The van der Waals surface area contributed by atoms with E-state index in [1.807, 2.05) is 0 Å². The molecule has 4 rings (SSSR count). The van der Waals surface area contributed by atoms with Crippen molar-refractivity contribution in [2.24, 2.45) is 0 Å². The van der Waals surface area contributed by atoms with Crippen molar-refractivity contribution in [1.82, 2.24) is 15.3 Å². The summed E-state index contributed by atoms with van der Waals surface area (Å²) in [5, 5.41) is 6.16. The molecule has 0 aliphatic rings. The second-order valence-electron chi connectivity index (χ2n) is 11.0. The fourth-order valence-corrected chi connectivity index (χ4v) is 6.45. The lowest BCUT2D eigenvalue weighted by molar-refractivity contribution is -0.213. The molecule has 0 saturated heterocycles. The number of anilines is 2. The largest absolute Gasteiger partial charge is 0.491 e. The van der Waals surface area contributed by atoms with E-state index in [9.17, 15) is 31.2 Å². The highest BCUT2D eigenvalue weighted by atomic mass is 32.2. The molecule has 49 heavy (non-hydrogen) atoms. The Bertz CT molecular complexity index is 1940. The number of nitrogens with one attached hydrogen (secondary N) is 2. The van der Waals surface area contributed by atoms with E-state index >= 15 is 0 Å². The summed E-state index contributed by atoms with van der Waals surface area (Å²) in [5.41, 5.74) is 2.74. The molecule has 0 aliphatic carbocycles. The minimum absolute atomic E-state index is 0.0470. The van der Waals surface area contributed by atoms with Crippen LogP contribution in [0.25, 0.3) is 10.8 Å². The Morgan fingerprint density at radius 1 is 0.980 bits per heavy atom. The number of alkyl halides is 3. The number of carbonyl (C=O) groups is 2. The molecule has 0 aliphatic heterocycles. The molecule has 2 aromatic carbocycles. The number of esters is 1. The highest BCUT2D eigenvalue weighted by Crippen LogP contribution is 2.38. The highest BCUT2D eigenvalue weighted by Gasteiger charge is 2.52. The monoisotopic (exact) mass is 703 g/mol. The summed E-state index contributed by atoms with van der Waals surface area (Å²) in [6, 6.07) is 12.6. The second kappa shape index (κ2) is 15.0. The Morgan fingerprint density at radius 2 is 1.73 bits per heavy atom. The lowest BCUT2D eigenvalue weighted by atomic mass is 9.99. The predicted molar refractivity (Wildman–Crippen MR) is 175 cm³/mol. The summed E-state index contributed by atoms with van der Waals surface area (Å²) >= 11 is 0. The van der Waals surface area contributed by atoms with Crippen LogP contribution in [-0.2, 0) is 36.4 Å². The van der Waals surface area contributed by atoms with Gasteiger partial charge >= 0.3 is 12.1 Å². The molecular formula is C33H36F3N5O7S. The molecule has 1 atom stereocenters. The zero-order valence-electron chi connectivity index (χ0n) is 27.1. The first-order valence-corrected chi connectivity index (χ1v) is 16.9. The van der Waals surface area contributed by atoms with Crippen LogP contribution in [0.3, 0.4) is 0 Å². The minimum Gasteiger partial charge on any atom is -0.490 e. The molecule has 1 unspecified atom stereocenters. The zero-order chi connectivity index (χ0) is 36.0. The maximum Gasteiger partial charge on any atom is 0.491 e. The number of amides is 1. The molecule has 262 valence electrons. The van der Waals surface area contributed by atoms with Gasteiger partial charge in [0.2, 0.25) is 0 Å². The average Bonchev–Trinajstić information content (AvgIpc) is 3.03. The third-order valence-corrected chi connectivity index (χ3v) is 8.99. The van der Waals surface area contributed by atoms with E-state index in [1.165, 1.54) is 60.9 Å². The number of halogens is 3. The number of rotatable bonds is 14. The van der Waals surface area contributed by atoms with Gasteiger partial charge in [-0.25, -0.2) is 18.2 Å². The van der Waals surface area contributed by atoms with Gasteiger partial charge in [0, 0.05) is 29.0 Å². The van der Waals surface area contributed by atoms with Gasteiger partial charge in [0.25, 0.3) is 11.6 Å². The first-order chi connectivity index (χ1) is 23.1. The van der Waals surface area contributed by atoms with E-state index in [1.54, 1.807) is 33.8 Å². The first kappa shape index (κ1) is 36.7. The molecule has 4 N–H and O–H groups in total. The van der Waals surface area contributed by atoms with Gasteiger partial charge in [-0.05, 0) is 87.2 Å². The van der Waals surface area contributed by atoms with Crippen molar-refractivity contribution in [2.45, 2.75) is 63.6 Å². The molecule has 2 aromatic heterocycles. The van der Waals surface area contributed by atoms with Crippen molar-refractivity contribution in [1.29, 1.82) is 0 Å². The Labute approximate surface area is 281 Å². The number of carbonyl (C=O) groups excluding carboxylic acids is 2. The molecule has 1 amide bonds. The van der Waals surface area contributed by atoms with Crippen LogP contribution in [0.5, 0.6) is 11.5 Å². The van der Waals surface area contributed by atoms with Crippen molar-refractivity contribution >= 4 is 44.0 Å². The van der Waals surface area contributed by atoms with Crippen molar-refractivity contribution in [3.63, 3.8) is 0 Å². The van der Waals surface area contributed by atoms with E-state index < -0.39 is 40.2 Å². The van der Waals surface area contributed by atoms with Crippen molar-refractivity contribution in [3.8, 4) is 11.5 Å². The van der Waals surface area contributed by atoms with Gasteiger partial charge in [-0.3, -0.25) is 9.78 Å². The molecule has 0 spiro atoms. The number of nitrogens with zero attached hydrogens (tertiary/aromatic N) is 2. The average molecular weight is 704 g/mol. The maximum atomic E-state index is 14.3. The summed E-state index contributed by atoms with van der Waals surface area (Å²) in [7, 11) is -3.82. The quantitative estimate of drug-likeness (QED) is 0.115. The number of hydrogen-bond acceptors (Lipinski definition) is 11. The number of ether oxygens (including phenoxy) is 3. The van der Waals surface area contributed by atoms with Crippen molar-refractivity contribution in [2.75, 3.05) is 23.4 Å². The standard InChI is InChI=1S/C33H36F3N5O7S/c1-5-16-49(44,45)28-8-7-14-38-25(28)19-40-30(42)32(48-31(43)33(34,35)36,22-9-12-26(47-20(3)4)27(18-22)46-6-2)41-23-10-11-24-21(17-23)13-15-39-29(24)37/h7-15,17-18,20,41H,5-6,16,19H2,1-4H3,(H2,37,39)(H,40,42). The summed E-state index contributed by atoms with van der Waals surface area (Å²) < 4.78 is 84.2. The smallest absolute Gasteiger partial charge is 0.490 e. The Balaban J connectivity index is 1.92. The predicted octanol–water partition coefficient (Wildman–Crippen LogP) is 5.27. The first-order valence-electron chi connectivity index (χ1n) is 15.2. The number of hydrogen-bond donors (Lipinski definition) is 3. The van der Waals surface area contributed by atoms with Crippen LogP contribution in [0.15, 0.2) is 71.9 Å². The molecule has 4 aromatic rings. The molecular weight excluding hydrogens is 667 g/mol. The summed E-state index contributed by atoms with van der Waals surface area (Å²) in [6.07, 6.45) is -2.82. The van der Waals surface area contributed by atoms with Crippen LogP contribution in [0, 0.1) is 0 Å². The second-order valence-corrected chi connectivity index (χ2v) is 13.1. The Morgan fingerprint density at radius 3 is 2.41 bits per heavy atom. The van der Waals surface area contributed by atoms with E-state index in [4.69, 9.17) is 19.9 Å². The van der Waals surface area contributed by atoms with Crippen molar-refractivity contribution in [3.05, 3.63) is 78.2 Å². The summed E-state index contributed by atoms with van der Waals surface area (Å²) in [5.74, 6) is -3.74. The van der Waals surface area contributed by atoms with Gasteiger partial charge in [-0.2, -0.15) is 13.2 Å². The third-order valence-electron chi connectivity index (χ3n) is 7.00. The van der Waals surface area contributed by atoms with E-state index in [2.05, 4.69) is 20.6 Å². The van der Waals surface area contributed by atoms with Gasteiger partial charge in [0.1, 0.15) is 5.82 Å². The van der Waals surface area contributed by atoms with Gasteiger partial charge in [0.15, 0.2) is 21.3 Å². The van der Waals surface area contributed by atoms with Gasteiger partial charge < -0.3 is 30.6 Å². The molecule has 2 heterocycles. The highest BCUT2D eigenvalue weighted by molar-refractivity contribution is 7.91. The Hall–Kier alpha value is -5.12. The van der Waals surface area contributed by atoms with Crippen LogP contribution in [-0.4, -0.2) is 54.9 Å². The van der Waals surface area contributed by atoms with E-state index in [0.717, 1.165) is 0 Å². The number of aromatic nitrogens is 2. The molecule has 16 heteroatoms. The SMILES string of the molecule is CCCS(=O)(=O)c1cccnc1CNC(=O)C(Nc1ccc2c(N)nccc2c1)(OC(=O)C(F)(F)F)c1ccc(OC(C)C)c(OCC)c1. The van der Waals surface area contributed by atoms with E-state index in [0.29, 0.717) is 17.2 Å². The molecule has 0 saturated carbocycles. The third kappa shape index (κ3) is 8.49. The van der Waals surface area contributed by atoms with Crippen LogP contribution in [0.2, 0.25) is 0 Å². The van der Waals surface area contributed by atoms with Crippen LogP contribution < -0.4 is 25.8 Å². The maximum absolute atomic E-state index is 14.3. The fourth-order valence-electron chi connectivity index (χ4n) is 4.92. The zero-order valence-corrected chi connectivity index (χ0v) is 27.9. The molecule has 0 bridgehead atoms. The topological polar surface area (TPSA) is 172 Å². The minimum atomic E-state index is -5.53. The molecule has 0 radical (unpaired) electrons. The number of nitrogens with two attached hydrogens (primary N) is 1. The van der Waals surface area contributed by atoms with Crippen LogP contribution in [0.1, 0.15) is 45.4 Å². The summed E-state index contributed by atoms with van der Waals surface area (Å²) in [4.78, 5) is 34.9. The number of pyridine rings is 2. The normalized spacial score (nSPS) is 13.1. The Kier molecular flexibility index (Phi) is 11.2. The van der Waals surface area contributed by atoms with Crippen LogP contribution in [0.4, 0.5) is 24.7 Å². The van der Waals surface area contributed by atoms with Gasteiger partial charge in [0.05, 0.1) is 35.6 Å². The van der Waals surface area contributed by atoms with Gasteiger partial charge in [-0.15, -0.1) is 0 Å². The number of fused-ring (bicyclic) bond motifs is 1. The van der Waals surface area contributed by atoms with Crippen molar-refractivity contribution < 1.29 is 45.4 Å². The van der Waals surface area contributed by atoms with E-state index in [-0.39, 0.29) is 57.6 Å². The van der Waals surface area contributed by atoms with Gasteiger partial charge in [-0.1, -0.05) is 6.92 Å². The summed E-state index contributed by atoms with van der Waals surface area (Å²) in [6.45, 7) is 6.40.